The predicted molar refractivity (Wildman–Crippen MR) is 134 cm³/mol. The average Bonchev–Trinajstić information content (AvgIpc) is 2.78. The van der Waals surface area contributed by atoms with Crippen LogP contribution in [-0.2, 0) is 5.41 Å². The highest BCUT2D eigenvalue weighted by molar-refractivity contribution is 6.11. The lowest BCUT2D eigenvalue weighted by Crippen LogP contribution is -2.50. The highest BCUT2D eigenvalue weighted by Gasteiger charge is 2.33. The van der Waals surface area contributed by atoms with Crippen molar-refractivity contribution < 1.29 is 9.90 Å². The van der Waals surface area contributed by atoms with Gasteiger partial charge in [-0.2, -0.15) is 0 Å². The number of aliphatic hydroxyl groups is 1. The van der Waals surface area contributed by atoms with Gasteiger partial charge in [0.2, 0.25) is 0 Å². The number of halogens is 1. The highest BCUT2D eigenvalue weighted by Crippen LogP contribution is 2.34. The summed E-state index contributed by atoms with van der Waals surface area (Å²) in [7, 11) is 0. The number of fused-ring (bicyclic) bond motifs is 1. The second-order valence-electron chi connectivity index (χ2n) is 9.76. The van der Waals surface area contributed by atoms with Crippen LogP contribution in [0.5, 0.6) is 0 Å². The van der Waals surface area contributed by atoms with E-state index in [4.69, 9.17) is 5.73 Å². The molecule has 0 saturated carbocycles. The van der Waals surface area contributed by atoms with Gasteiger partial charge in [0, 0.05) is 25.2 Å². The van der Waals surface area contributed by atoms with Gasteiger partial charge in [0.1, 0.15) is 0 Å². The van der Waals surface area contributed by atoms with E-state index < -0.39 is 5.60 Å². The molecule has 0 radical (unpaired) electrons. The number of nitrogens with zero attached hydrogens (tertiary/aromatic N) is 1. The SMILES string of the molecule is CC(C)(C)c1cccc(-c2ccc(C(=O)N3CCC(O)(CN)CC3)c3ccccc23)c1.Cl. The number of rotatable bonds is 3. The first-order valence-electron chi connectivity index (χ1n) is 11.1. The van der Waals surface area contributed by atoms with Crippen LogP contribution < -0.4 is 5.73 Å². The Balaban J connectivity index is 0.00000289. The van der Waals surface area contributed by atoms with Crippen LogP contribution in [0, 0.1) is 0 Å². The van der Waals surface area contributed by atoms with Crippen LogP contribution in [0.2, 0.25) is 0 Å². The van der Waals surface area contributed by atoms with Crippen LogP contribution >= 0.6 is 12.4 Å². The summed E-state index contributed by atoms with van der Waals surface area (Å²) in [6.07, 6.45) is 1.04. The molecule has 3 aromatic rings. The Morgan fingerprint density at radius 2 is 1.66 bits per heavy atom. The number of nitrogens with two attached hydrogens (primary N) is 1. The Labute approximate surface area is 196 Å². The molecule has 32 heavy (non-hydrogen) atoms. The summed E-state index contributed by atoms with van der Waals surface area (Å²) in [6.45, 7) is 7.94. The topological polar surface area (TPSA) is 66.6 Å². The lowest BCUT2D eigenvalue weighted by molar-refractivity contribution is -0.00946. The fourth-order valence-corrected chi connectivity index (χ4v) is 4.39. The number of benzene rings is 3. The molecule has 1 aliphatic heterocycles. The van der Waals surface area contributed by atoms with Crippen LogP contribution in [0.15, 0.2) is 60.7 Å². The second-order valence-corrected chi connectivity index (χ2v) is 9.76. The van der Waals surface area contributed by atoms with E-state index in [1.807, 2.05) is 29.2 Å². The minimum Gasteiger partial charge on any atom is -0.388 e. The molecule has 0 unspecified atom stereocenters. The van der Waals surface area contributed by atoms with E-state index in [9.17, 15) is 9.90 Å². The number of likely N-dealkylation sites (tertiary alicyclic amines) is 1. The smallest absolute Gasteiger partial charge is 0.254 e. The third kappa shape index (κ3) is 4.68. The normalized spacial score (nSPS) is 16.0. The molecule has 3 aromatic carbocycles. The molecule has 170 valence electrons. The van der Waals surface area contributed by atoms with Gasteiger partial charge in [-0.1, -0.05) is 75.4 Å². The van der Waals surface area contributed by atoms with Crippen LogP contribution in [-0.4, -0.2) is 41.1 Å². The number of hydrogen-bond donors (Lipinski definition) is 2. The summed E-state index contributed by atoms with van der Waals surface area (Å²) in [5, 5.41) is 12.4. The summed E-state index contributed by atoms with van der Waals surface area (Å²) in [6, 6.07) is 20.8. The number of carbonyl (C=O) groups excluding carboxylic acids is 1. The molecule has 4 rings (SSSR count). The van der Waals surface area contributed by atoms with Crippen molar-refractivity contribution in [3.05, 3.63) is 71.8 Å². The zero-order valence-electron chi connectivity index (χ0n) is 19.1. The standard InChI is InChI=1S/C27H32N2O2.ClH/c1-26(2,3)20-8-6-7-19(17-20)21-11-12-24(23-10-5-4-9-22(21)23)25(30)29-15-13-27(31,18-28)14-16-29;/h4-12,17,31H,13-16,18,28H2,1-3H3;1H. The van der Waals surface area contributed by atoms with Gasteiger partial charge in [-0.15, -0.1) is 12.4 Å². The van der Waals surface area contributed by atoms with E-state index >= 15 is 0 Å². The van der Waals surface area contributed by atoms with E-state index in [0.717, 1.165) is 21.9 Å². The van der Waals surface area contributed by atoms with E-state index in [1.165, 1.54) is 5.56 Å². The van der Waals surface area contributed by atoms with Crippen LogP contribution in [0.1, 0.15) is 49.5 Å². The molecule has 1 amide bonds. The minimum absolute atomic E-state index is 0. The van der Waals surface area contributed by atoms with Gasteiger partial charge in [0.05, 0.1) is 5.60 Å². The van der Waals surface area contributed by atoms with Crippen molar-refractivity contribution in [3.63, 3.8) is 0 Å². The Bertz CT molecular complexity index is 1110. The molecule has 0 aromatic heterocycles. The van der Waals surface area contributed by atoms with E-state index in [2.05, 4.69) is 57.2 Å². The maximum Gasteiger partial charge on any atom is 0.254 e. The fourth-order valence-electron chi connectivity index (χ4n) is 4.39. The van der Waals surface area contributed by atoms with Gasteiger partial charge in [0.15, 0.2) is 0 Å². The molecule has 1 aliphatic rings. The van der Waals surface area contributed by atoms with Crippen molar-refractivity contribution >= 4 is 29.1 Å². The molecule has 3 N–H and O–H groups in total. The average molecular weight is 453 g/mol. The first-order chi connectivity index (χ1) is 14.7. The van der Waals surface area contributed by atoms with Gasteiger partial charge < -0.3 is 15.7 Å². The molecule has 0 atom stereocenters. The van der Waals surface area contributed by atoms with Crippen LogP contribution in [0.25, 0.3) is 21.9 Å². The molecule has 4 nitrogen and oxygen atoms in total. The van der Waals surface area contributed by atoms with Gasteiger partial charge in [-0.25, -0.2) is 0 Å². The third-order valence-electron chi connectivity index (χ3n) is 6.56. The molecule has 5 heteroatoms. The highest BCUT2D eigenvalue weighted by atomic mass is 35.5. The predicted octanol–water partition coefficient (Wildman–Crippen LogP) is 5.15. The first kappa shape index (κ1) is 24.2. The number of carbonyl (C=O) groups is 1. The summed E-state index contributed by atoms with van der Waals surface area (Å²) in [4.78, 5) is 15.2. The Morgan fingerprint density at radius 3 is 2.28 bits per heavy atom. The molecule has 0 aliphatic carbocycles. The summed E-state index contributed by atoms with van der Waals surface area (Å²) >= 11 is 0. The van der Waals surface area contributed by atoms with Crippen molar-refractivity contribution in [2.75, 3.05) is 19.6 Å². The van der Waals surface area contributed by atoms with Gasteiger partial charge in [-0.05, 0) is 51.8 Å². The number of hydrogen-bond acceptors (Lipinski definition) is 3. The quantitative estimate of drug-likeness (QED) is 0.577. The molecule has 0 bridgehead atoms. The van der Waals surface area contributed by atoms with Crippen LogP contribution in [0.4, 0.5) is 0 Å². The van der Waals surface area contributed by atoms with Gasteiger partial charge >= 0.3 is 0 Å². The lowest BCUT2D eigenvalue weighted by Gasteiger charge is -2.37. The van der Waals surface area contributed by atoms with Crippen molar-refractivity contribution in [2.45, 2.75) is 44.6 Å². The van der Waals surface area contributed by atoms with Crippen LogP contribution in [0.3, 0.4) is 0 Å². The molecular formula is C27H33ClN2O2. The summed E-state index contributed by atoms with van der Waals surface area (Å²) in [5.74, 6) is 0.0188. The maximum absolute atomic E-state index is 13.4. The van der Waals surface area contributed by atoms with Crippen molar-refractivity contribution in [1.29, 1.82) is 0 Å². The zero-order valence-corrected chi connectivity index (χ0v) is 19.9. The summed E-state index contributed by atoms with van der Waals surface area (Å²) in [5.41, 5.74) is 9.22. The van der Waals surface area contributed by atoms with E-state index in [1.54, 1.807) is 0 Å². The van der Waals surface area contributed by atoms with Gasteiger partial charge in [0.25, 0.3) is 5.91 Å². The molecular weight excluding hydrogens is 420 g/mol. The molecule has 1 saturated heterocycles. The van der Waals surface area contributed by atoms with E-state index in [0.29, 0.717) is 31.5 Å². The van der Waals surface area contributed by atoms with E-state index in [-0.39, 0.29) is 30.3 Å². The third-order valence-corrected chi connectivity index (χ3v) is 6.56. The van der Waals surface area contributed by atoms with Crippen molar-refractivity contribution in [2.24, 2.45) is 5.73 Å². The lowest BCUT2D eigenvalue weighted by atomic mass is 9.84. The first-order valence-corrected chi connectivity index (χ1v) is 11.1. The Morgan fingerprint density at radius 1 is 1.00 bits per heavy atom. The van der Waals surface area contributed by atoms with Gasteiger partial charge in [-0.3, -0.25) is 4.79 Å². The fraction of sp³-hybridized carbons (Fsp3) is 0.370. The Kier molecular flexibility index (Phi) is 6.99. The molecule has 0 spiro atoms. The Hall–Kier alpha value is -2.40. The number of piperidine rings is 1. The largest absolute Gasteiger partial charge is 0.388 e. The molecule has 1 fully saturated rings. The maximum atomic E-state index is 13.4. The minimum atomic E-state index is -0.846. The van der Waals surface area contributed by atoms with Crippen molar-refractivity contribution in [3.8, 4) is 11.1 Å². The summed E-state index contributed by atoms with van der Waals surface area (Å²) < 4.78 is 0. The number of amides is 1. The zero-order chi connectivity index (χ0) is 22.2. The second kappa shape index (κ2) is 9.22. The monoisotopic (exact) mass is 452 g/mol. The molecule has 1 heterocycles. The van der Waals surface area contributed by atoms with Crippen molar-refractivity contribution in [1.82, 2.24) is 4.90 Å².